The van der Waals surface area contributed by atoms with Crippen molar-refractivity contribution in [1.29, 1.82) is 5.26 Å². The Labute approximate surface area is 103 Å². The Morgan fingerprint density at radius 2 is 2.22 bits per heavy atom. The van der Waals surface area contributed by atoms with Crippen molar-refractivity contribution in [3.05, 3.63) is 35.8 Å². The molecule has 0 aliphatic rings. The van der Waals surface area contributed by atoms with Crippen molar-refractivity contribution >= 4 is 5.91 Å². The van der Waals surface area contributed by atoms with Crippen LogP contribution < -0.4 is 0 Å². The van der Waals surface area contributed by atoms with Gasteiger partial charge in [0.05, 0.1) is 6.20 Å². The highest BCUT2D eigenvalue weighted by Gasteiger charge is 2.14. The SMILES string of the molecule is CN(C)C(=O)c1ccn(-c2nnccc2C#N)n1. The smallest absolute Gasteiger partial charge is 0.273 e. The van der Waals surface area contributed by atoms with Crippen LogP contribution in [0, 0.1) is 11.3 Å². The largest absolute Gasteiger partial charge is 0.343 e. The minimum absolute atomic E-state index is 0.212. The molecule has 0 saturated carbocycles. The quantitative estimate of drug-likeness (QED) is 0.752. The highest BCUT2D eigenvalue weighted by atomic mass is 16.2. The molecule has 2 heterocycles. The molecule has 7 nitrogen and oxygen atoms in total. The zero-order valence-corrected chi connectivity index (χ0v) is 9.90. The van der Waals surface area contributed by atoms with Crippen molar-refractivity contribution in [3.8, 4) is 11.9 Å². The number of hydrogen-bond acceptors (Lipinski definition) is 5. The molecule has 0 fully saturated rings. The molecule has 2 aromatic heterocycles. The molecule has 0 N–H and O–H groups in total. The van der Waals surface area contributed by atoms with Crippen molar-refractivity contribution in [2.75, 3.05) is 14.1 Å². The molecule has 0 spiro atoms. The predicted molar refractivity (Wildman–Crippen MR) is 61.9 cm³/mol. The van der Waals surface area contributed by atoms with Gasteiger partial charge in [0, 0.05) is 20.3 Å². The molecule has 0 aromatic carbocycles. The molecule has 0 bridgehead atoms. The first-order valence-corrected chi connectivity index (χ1v) is 5.13. The highest BCUT2D eigenvalue weighted by molar-refractivity contribution is 5.91. The Kier molecular flexibility index (Phi) is 3.02. The van der Waals surface area contributed by atoms with Gasteiger partial charge in [-0.15, -0.1) is 5.10 Å². The molecule has 2 rings (SSSR count). The Balaban J connectivity index is 2.42. The molecular weight excluding hydrogens is 232 g/mol. The lowest BCUT2D eigenvalue weighted by atomic mass is 10.3. The van der Waals surface area contributed by atoms with Gasteiger partial charge in [0.1, 0.15) is 11.6 Å². The fourth-order valence-electron chi connectivity index (χ4n) is 1.37. The second-order valence-corrected chi connectivity index (χ2v) is 3.73. The van der Waals surface area contributed by atoms with E-state index in [1.54, 1.807) is 26.4 Å². The van der Waals surface area contributed by atoms with Crippen molar-refractivity contribution in [2.45, 2.75) is 0 Å². The summed E-state index contributed by atoms with van der Waals surface area (Å²) < 4.78 is 1.36. The van der Waals surface area contributed by atoms with Gasteiger partial charge >= 0.3 is 0 Å². The third kappa shape index (κ3) is 2.04. The summed E-state index contributed by atoms with van der Waals surface area (Å²) in [6.45, 7) is 0. The van der Waals surface area contributed by atoms with Crippen LogP contribution in [0.5, 0.6) is 0 Å². The maximum absolute atomic E-state index is 11.7. The van der Waals surface area contributed by atoms with Gasteiger partial charge < -0.3 is 4.90 Å². The number of carbonyl (C=O) groups is 1. The summed E-state index contributed by atoms with van der Waals surface area (Å²) in [6, 6.07) is 5.10. The first kappa shape index (κ1) is 11.7. The van der Waals surface area contributed by atoms with Crippen molar-refractivity contribution in [1.82, 2.24) is 24.9 Å². The molecule has 0 atom stereocenters. The molecule has 7 heteroatoms. The monoisotopic (exact) mass is 242 g/mol. The highest BCUT2D eigenvalue weighted by Crippen LogP contribution is 2.09. The number of aromatic nitrogens is 4. The molecule has 0 unspecified atom stereocenters. The lowest BCUT2D eigenvalue weighted by Gasteiger charge is -2.06. The molecule has 0 saturated heterocycles. The minimum Gasteiger partial charge on any atom is -0.343 e. The van der Waals surface area contributed by atoms with Gasteiger partial charge in [-0.3, -0.25) is 4.79 Å². The summed E-state index contributed by atoms with van der Waals surface area (Å²) in [4.78, 5) is 13.1. The summed E-state index contributed by atoms with van der Waals surface area (Å²) in [5, 5.41) is 20.6. The Morgan fingerprint density at radius 1 is 1.44 bits per heavy atom. The number of nitriles is 1. The maximum atomic E-state index is 11.7. The van der Waals surface area contributed by atoms with Crippen molar-refractivity contribution in [2.24, 2.45) is 0 Å². The van der Waals surface area contributed by atoms with E-state index in [2.05, 4.69) is 15.3 Å². The number of nitrogens with zero attached hydrogens (tertiary/aromatic N) is 6. The van der Waals surface area contributed by atoms with Crippen LogP contribution in [-0.4, -0.2) is 44.9 Å². The van der Waals surface area contributed by atoms with E-state index >= 15 is 0 Å². The predicted octanol–water partition coefficient (Wildman–Crippen LogP) is 0.236. The van der Waals surface area contributed by atoms with Crippen LogP contribution in [0.25, 0.3) is 5.82 Å². The molecule has 0 aliphatic heterocycles. The molecular formula is C11H10N6O. The van der Waals surface area contributed by atoms with Crippen LogP contribution in [0.3, 0.4) is 0 Å². The van der Waals surface area contributed by atoms with E-state index in [1.165, 1.54) is 21.8 Å². The van der Waals surface area contributed by atoms with E-state index in [0.717, 1.165) is 0 Å². The average Bonchev–Trinajstić information content (AvgIpc) is 2.87. The van der Waals surface area contributed by atoms with Gasteiger partial charge in [0.2, 0.25) is 0 Å². The maximum Gasteiger partial charge on any atom is 0.273 e. The van der Waals surface area contributed by atoms with E-state index < -0.39 is 0 Å². The van der Waals surface area contributed by atoms with Crippen LogP contribution in [-0.2, 0) is 0 Å². The van der Waals surface area contributed by atoms with Gasteiger partial charge in [-0.2, -0.15) is 15.5 Å². The molecule has 0 radical (unpaired) electrons. The fraction of sp³-hybridized carbons (Fsp3) is 0.182. The molecule has 0 aliphatic carbocycles. The van der Waals surface area contributed by atoms with Crippen LogP contribution in [0.1, 0.15) is 16.1 Å². The first-order chi connectivity index (χ1) is 8.63. The summed E-state index contributed by atoms with van der Waals surface area (Å²) in [5.74, 6) is 0.0916. The first-order valence-electron chi connectivity index (χ1n) is 5.13. The Bertz CT molecular complexity index is 624. The van der Waals surface area contributed by atoms with Gasteiger partial charge in [-0.25, -0.2) is 4.68 Å². The van der Waals surface area contributed by atoms with Gasteiger partial charge in [0.25, 0.3) is 5.91 Å². The third-order valence-electron chi connectivity index (χ3n) is 2.25. The number of hydrogen-bond donors (Lipinski definition) is 0. The van der Waals surface area contributed by atoms with E-state index in [1.807, 2.05) is 6.07 Å². The molecule has 90 valence electrons. The number of carbonyl (C=O) groups excluding carboxylic acids is 1. The third-order valence-corrected chi connectivity index (χ3v) is 2.25. The van der Waals surface area contributed by atoms with Crippen LogP contribution in [0.15, 0.2) is 24.5 Å². The van der Waals surface area contributed by atoms with Crippen molar-refractivity contribution < 1.29 is 4.79 Å². The summed E-state index contributed by atoms with van der Waals surface area (Å²) in [5.41, 5.74) is 0.631. The van der Waals surface area contributed by atoms with Gasteiger partial charge in [0.15, 0.2) is 11.5 Å². The normalized spacial score (nSPS) is 9.83. The van der Waals surface area contributed by atoms with Gasteiger partial charge in [-0.1, -0.05) is 0 Å². The topological polar surface area (TPSA) is 87.7 Å². The molecule has 18 heavy (non-hydrogen) atoms. The van der Waals surface area contributed by atoms with E-state index in [4.69, 9.17) is 5.26 Å². The minimum atomic E-state index is -0.212. The van der Waals surface area contributed by atoms with Crippen LogP contribution >= 0.6 is 0 Å². The number of amides is 1. The molecule has 1 amide bonds. The van der Waals surface area contributed by atoms with E-state index in [-0.39, 0.29) is 11.6 Å². The lowest BCUT2D eigenvalue weighted by Crippen LogP contribution is -2.22. The zero-order chi connectivity index (χ0) is 13.1. The molecule has 2 aromatic rings. The van der Waals surface area contributed by atoms with Crippen molar-refractivity contribution in [3.63, 3.8) is 0 Å². The summed E-state index contributed by atoms with van der Waals surface area (Å²) in [7, 11) is 3.29. The van der Waals surface area contributed by atoms with Gasteiger partial charge in [-0.05, 0) is 12.1 Å². The Hall–Kier alpha value is -2.75. The second-order valence-electron chi connectivity index (χ2n) is 3.73. The fourth-order valence-corrected chi connectivity index (χ4v) is 1.37. The summed E-state index contributed by atoms with van der Waals surface area (Å²) in [6.07, 6.45) is 3.00. The second kappa shape index (κ2) is 4.63. The number of rotatable bonds is 2. The standard InChI is InChI=1S/C11H10N6O/c1-16(2)11(18)9-4-6-17(15-9)10-8(7-12)3-5-13-14-10/h3-6H,1-2H3. The average molecular weight is 242 g/mol. The van der Waals surface area contributed by atoms with E-state index in [9.17, 15) is 4.79 Å². The summed E-state index contributed by atoms with van der Waals surface area (Å²) >= 11 is 0. The lowest BCUT2D eigenvalue weighted by molar-refractivity contribution is 0.0821. The van der Waals surface area contributed by atoms with Crippen LogP contribution in [0.4, 0.5) is 0 Å². The van der Waals surface area contributed by atoms with E-state index in [0.29, 0.717) is 11.4 Å². The zero-order valence-electron chi connectivity index (χ0n) is 9.90. The van der Waals surface area contributed by atoms with Crippen LogP contribution in [0.2, 0.25) is 0 Å². The Morgan fingerprint density at radius 3 is 2.89 bits per heavy atom.